The standard InChI is InChI=1S/C14H12ClFN2O2/c1-18(10-3-5-11(20-2)6-4-10)14(19)12-7-9(16)8-17-13(12)15/h3-8H,1-2H3. The normalized spacial score (nSPS) is 10.2. The molecule has 104 valence electrons. The number of amides is 1. The molecule has 1 aromatic carbocycles. The second kappa shape index (κ2) is 5.88. The number of anilines is 1. The lowest BCUT2D eigenvalue weighted by atomic mass is 10.2. The lowest BCUT2D eigenvalue weighted by Crippen LogP contribution is -2.26. The predicted molar refractivity (Wildman–Crippen MR) is 74.9 cm³/mol. The number of carbonyl (C=O) groups excluding carboxylic acids is 1. The van der Waals surface area contributed by atoms with Gasteiger partial charge in [-0.3, -0.25) is 4.79 Å². The van der Waals surface area contributed by atoms with Gasteiger partial charge in [-0.15, -0.1) is 0 Å². The Kier molecular flexibility index (Phi) is 4.20. The number of methoxy groups -OCH3 is 1. The summed E-state index contributed by atoms with van der Waals surface area (Å²) in [6.07, 6.45) is 0.965. The summed E-state index contributed by atoms with van der Waals surface area (Å²) in [7, 11) is 3.13. The Morgan fingerprint density at radius 1 is 1.35 bits per heavy atom. The van der Waals surface area contributed by atoms with Crippen LogP contribution in [0.1, 0.15) is 10.4 Å². The zero-order valence-electron chi connectivity index (χ0n) is 10.9. The van der Waals surface area contributed by atoms with Crippen LogP contribution in [-0.4, -0.2) is 25.0 Å². The van der Waals surface area contributed by atoms with Crippen LogP contribution in [0.4, 0.5) is 10.1 Å². The molecule has 0 N–H and O–H groups in total. The maximum Gasteiger partial charge on any atom is 0.261 e. The van der Waals surface area contributed by atoms with Gasteiger partial charge >= 0.3 is 0 Å². The maximum atomic E-state index is 13.2. The molecule has 0 aliphatic heterocycles. The zero-order valence-corrected chi connectivity index (χ0v) is 11.7. The molecule has 0 saturated carbocycles. The fourth-order valence-electron chi connectivity index (χ4n) is 1.68. The Morgan fingerprint density at radius 3 is 2.60 bits per heavy atom. The van der Waals surface area contributed by atoms with E-state index in [-0.39, 0.29) is 10.7 Å². The monoisotopic (exact) mass is 294 g/mol. The molecule has 0 spiro atoms. The van der Waals surface area contributed by atoms with Crippen LogP contribution >= 0.6 is 11.6 Å². The number of rotatable bonds is 3. The number of aromatic nitrogens is 1. The first-order valence-electron chi connectivity index (χ1n) is 5.76. The van der Waals surface area contributed by atoms with Crippen LogP contribution in [0.5, 0.6) is 5.75 Å². The van der Waals surface area contributed by atoms with Crippen molar-refractivity contribution in [3.63, 3.8) is 0 Å². The van der Waals surface area contributed by atoms with Gasteiger partial charge in [0.1, 0.15) is 16.7 Å². The van der Waals surface area contributed by atoms with Crippen molar-refractivity contribution in [2.24, 2.45) is 0 Å². The van der Waals surface area contributed by atoms with Gasteiger partial charge in [0.15, 0.2) is 0 Å². The Balaban J connectivity index is 2.29. The van der Waals surface area contributed by atoms with Crippen LogP contribution in [0.2, 0.25) is 5.15 Å². The Morgan fingerprint density at radius 2 is 2.00 bits per heavy atom. The molecule has 0 unspecified atom stereocenters. The third-order valence-corrected chi connectivity index (χ3v) is 3.10. The number of benzene rings is 1. The van der Waals surface area contributed by atoms with E-state index in [0.29, 0.717) is 11.4 Å². The number of carbonyl (C=O) groups is 1. The molecular weight excluding hydrogens is 283 g/mol. The van der Waals surface area contributed by atoms with Crippen LogP contribution in [0.15, 0.2) is 36.5 Å². The smallest absolute Gasteiger partial charge is 0.261 e. The van der Waals surface area contributed by atoms with Gasteiger partial charge in [-0.1, -0.05) is 11.6 Å². The van der Waals surface area contributed by atoms with Gasteiger partial charge in [0, 0.05) is 12.7 Å². The Bertz CT molecular complexity index is 632. The SMILES string of the molecule is COc1ccc(N(C)C(=O)c2cc(F)cnc2Cl)cc1. The second-order valence-corrected chi connectivity index (χ2v) is 4.41. The number of nitrogens with zero attached hydrogens (tertiary/aromatic N) is 2. The molecule has 2 rings (SSSR count). The van der Waals surface area contributed by atoms with Crippen LogP contribution in [0.25, 0.3) is 0 Å². The van der Waals surface area contributed by atoms with Crippen molar-refractivity contribution < 1.29 is 13.9 Å². The molecule has 0 bridgehead atoms. The molecule has 0 atom stereocenters. The van der Waals surface area contributed by atoms with Crippen LogP contribution in [-0.2, 0) is 0 Å². The van der Waals surface area contributed by atoms with Crippen LogP contribution in [0, 0.1) is 5.82 Å². The lowest BCUT2D eigenvalue weighted by Gasteiger charge is -2.18. The highest BCUT2D eigenvalue weighted by molar-refractivity contribution is 6.33. The number of halogens is 2. The van der Waals surface area contributed by atoms with E-state index in [4.69, 9.17) is 16.3 Å². The molecule has 4 nitrogen and oxygen atoms in total. The molecule has 2 aromatic rings. The first kappa shape index (κ1) is 14.3. The molecule has 1 amide bonds. The molecular formula is C14H12ClFN2O2. The van der Waals surface area contributed by atoms with Gasteiger partial charge in [0.2, 0.25) is 0 Å². The summed E-state index contributed by atoms with van der Waals surface area (Å²) in [5, 5.41) is -0.0308. The summed E-state index contributed by atoms with van der Waals surface area (Å²) in [5.41, 5.74) is 0.654. The number of ether oxygens (including phenoxy) is 1. The van der Waals surface area contributed by atoms with Gasteiger partial charge in [0.25, 0.3) is 5.91 Å². The van der Waals surface area contributed by atoms with E-state index < -0.39 is 11.7 Å². The molecule has 0 aliphatic rings. The van der Waals surface area contributed by atoms with Crippen molar-refractivity contribution in [1.29, 1.82) is 0 Å². The van der Waals surface area contributed by atoms with E-state index in [1.807, 2.05) is 0 Å². The second-order valence-electron chi connectivity index (χ2n) is 4.05. The van der Waals surface area contributed by atoms with E-state index in [0.717, 1.165) is 12.3 Å². The fraction of sp³-hybridized carbons (Fsp3) is 0.143. The topological polar surface area (TPSA) is 42.4 Å². The van der Waals surface area contributed by atoms with Gasteiger partial charge < -0.3 is 9.64 Å². The van der Waals surface area contributed by atoms with Crippen molar-refractivity contribution in [3.05, 3.63) is 53.1 Å². The minimum absolute atomic E-state index is 0.0185. The summed E-state index contributed by atoms with van der Waals surface area (Å²) in [5.74, 6) is -0.367. The van der Waals surface area contributed by atoms with Crippen molar-refractivity contribution in [3.8, 4) is 5.75 Å². The Labute approximate surface area is 120 Å². The fourth-order valence-corrected chi connectivity index (χ4v) is 1.86. The van der Waals surface area contributed by atoms with Crippen LogP contribution in [0.3, 0.4) is 0 Å². The van der Waals surface area contributed by atoms with Gasteiger partial charge in [-0.2, -0.15) is 0 Å². The van der Waals surface area contributed by atoms with Crippen molar-refractivity contribution in [2.45, 2.75) is 0 Å². The summed E-state index contributed by atoms with van der Waals surface area (Å²) < 4.78 is 18.2. The van der Waals surface area contributed by atoms with Crippen molar-refractivity contribution in [1.82, 2.24) is 4.98 Å². The summed E-state index contributed by atoms with van der Waals surface area (Å²) in [6, 6.07) is 7.96. The number of hydrogen-bond donors (Lipinski definition) is 0. The van der Waals surface area contributed by atoms with E-state index in [9.17, 15) is 9.18 Å². The molecule has 0 saturated heterocycles. The maximum absolute atomic E-state index is 13.2. The van der Waals surface area contributed by atoms with Crippen molar-refractivity contribution in [2.75, 3.05) is 19.1 Å². The summed E-state index contributed by atoms with van der Waals surface area (Å²) >= 11 is 5.83. The number of pyridine rings is 1. The highest BCUT2D eigenvalue weighted by Crippen LogP contribution is 2.22. The molecule has 0 radical (unpaired) electrons. The molecule has 0 aliphatic carbocycles. The molecule has 0 fully saturated rings. The summed E-state index contributed by atoms with van der Waals surface area (Å²) in [6.45, 7) is 0. The average molecular weight is 295 g/mol. The summed E-state index contributed by atoms with van der Waals surface area (Å²) in [4.78, 5) is 17.3. The highest BCUT2D eigenvalue weighted by atomic mass is 35.5. The van der Waals surface area contributed by atoms with Gasteiger partial charge in [0.05, 0.1) is 18.9 Å². The van der Waals surface area contributed by atoms with Gasteiger partial charge in [-0.25, -0.2) is 9.37 Å². The Hall–Kier alpha value is -2.14. The average Bonchev–Trinajstić information content (AvgIpc) is 2.48. The van der Waals surface area contributed by atoms with Crippen molar-refractivity contribution >= 4 is 23.2 Å². The molecule has 1 aromatic heterocycles. The van der Waals surface area contributed by atoms with Gasteiger partial charge in [-0.05, 0) is 30.3 Å². The van der Waals surface area contributed by atoms with E-state index in [1.165, 1.54) is 4.90 Å². The minimum Gasteiger partial charge on any atom is -0.497 e. The number of hydrogen-bond acceptors (Lipinski definition) is 3. The van der Waals surface area contributed by atoms with Crippen LogP contribution < -0.4 is 9.64 Å². The molecule has 20 heavy (non-hydrogen) atoms. The lowest BCUT2D eigenvalue weighted by molar-refractivity contribution is 0.0992. The largest absolute Gasteiger partial charge is 0.497 e. The predicted octanol–water partition coefficient (Wildman–Crippen LogP) is 3.16. The first-order valence-corrected chi connectivity index (χ1v) is 6.14. The van der Waals surface area contributed by atoms with E-state index >= 15 is 0 Å². The first-order chi connectivity index (χ1) is 9.52. The highest BCUT2D eigenvalue weighted by Gasteiger charge is 2.18. The third kappa shape index (κ3) is 2.88. The molecule has 6 heteroatoms. The van der Waals surface area contributed by atoms with E-state index in [1.54, 1.807) is 38.4 Å². The zero-order chi connectivity index (χ0) is 14.7. The van der Waals surface area contributed by atoms with E-state index in [2.05, 4.69) is 4.98 Å². The third-order valence-electron chi connectivity index (χ3n) is 2.80. The quantitative estimate of drug-likeness (QED) is 0.817. The molecule has 1 heterocycles. The minimum atomic E-state index is -0.610.